The first-order valence-electron chi connectivity index (χ1n) is 6.36. The van der Waals surface area contributed by atoms with Crippen LogP contribution in [-0.4, -0.2) is 48.3 Å². The summed E-state index contributed by atoms with van der Waals surface area (Å²) in [4.78, 5) is 15.4. The Hall–Kier alpha value is -1.37. The summed E-state index contributed by atoms with van der Waals surface area (Å²) in [6.07, 6.45) is 0.715. The second-order valence-electron chi connectivity index (χ2n) is 4.62. The quantitative estimate of drug-likeness (QED) is 0.695. The fraction of sp³-hybridized carbons (Fsp3) is 0.538. The second kappa shape index (κ2) is 8.04. The molecule has 1 amide bonds. The van der Waals surface area contributed by atoms with Gasteiger partial charge in [-0.05, 0) is 6.07 Å². The van der Waals surface area contributed by atoms with Crippen LogP contribution >= 0.6 is 11.6 Å². The minimum absolute atomic E-state index is 0.0752. The first-order chi connectivity index (χ1) is 9.43. The molecule has 1 atom stereocenters. The van der Waals surface area contributed by atoms with Crippen LogP contribution in [0.3, 0.4) is 0 Å². The highest BCUT2D eigenvalue weighted by molar-refractivity contribution is 6.32. The Labute approximate surface area is 123 Å². The number of ether oxygens (including phenoxy) is 1. The molecule has 1 aromatic heterocycles. The predicted octanol–water partition coefficient (Wildman–Crippen LogP) is 0.832. The Morgan fingerprint density at radius 3 is 2.80 bits per heavy atom. The number of carbonyl (C=O) groups is 1. The summed E-state index contributed by atoms with van der Waals surface area (Å²) in [5, 5.41) is 15.5. The van der Waals surface area contributed by atoms with E-state index in [4.69, 9.17) is 16.3 Å². The molecular weight excluding hydrogens is 282 g/mol. The molecule has 0 saturated heterocycles. The van der Waals surface area contributed by atoms with Crippen molar-refractivity contribution >= 4 is 17.5 Å². The average molecular weight is 302 g/mol. The lowest BCUT2D eigenvalue weighted by Gasteiger charge is -2.15. The maximum absolute atomic E-state index is 11.4. The number of aliphatic hydroxyl groups is 1. The Morgan fingerprint density at radius 1 is 1.55 bits per heavy atom. The van der Waals surface area contributed by atoms with Gasteiger partial charge in [0.1, 0.15) is 17.7 Å². The number of hydrogen-bond donors (Lipinski definition) is 3. The topological polar surface area (TPSA) is 83.5 Å². The maximum Gasteiger partial charge on any atom is 0.252 e. The van der Waals surface area contributed by atoms with Gasteiger partial charge < -0.3 is 20.5 Å². The van der Waals surface area contributed by atoms with Crippen LogP contribution < -0.4 is 15.4 Å². The standard InChI is InChI=1S/C13H20ClN3O3/c1-8(2)16-6-10(18)7-20-13-11(14)4-9(5-17-13)12(19)15-3/h4-5,8,10,16,18H,6-7H2,1-3H3,(H,15,19). The molecule has 0 bridgehead atoms. The number of nitrogens with one attached hydrogen (secondary N) is 2. The van der Waals surface area contributed by atoms with E-state index >= 15 is 0 Å². The number of hydrogen-bond acceptors (Lipinski definition) is 5. The number of halogens is 1. The molecule has 7 heteroatoms. The van der Waals surface area contributed by atoms with Crippen LogP contribution in [0.25, 0.3) is 0 Å². The summed E-state index contributed by atoms with van der Waals surface area (Å²) in [5.41, 5.74) is 0.354. The van der Waals surface area contributed by atoms with E-state index in [1.165, 1.54) is 19.3 Å². The molecule has 0 saturated carbocycles. The number of carbonyl (C=O) groups excluding carboxylic acids is 1. The highest BCUT2D eigenvalue weighted by Gasteiger charge is 2.12. The molecule has 0 aliphatic rings. The van der Waals surface area contributed by atoms with E-state index in [0.29, 0.717) is 18.2 Å². The molecule has 20 heavy (non-hydrogen) atoms. The Kier molecular flexibility index (Phi) is 6.70. The number of amides is 1. The van der Waals surface area contributed by atoms with Crippen molar-refractivity contribution in [2.24, 2.45) is 0 Å². The second-order valence-corrected chi connectivity index (χ2v) is 5.03. The zero-order valence-corrected chi connectivity index (χ0v) is 12.6. The van der Waals surface area contributed by atoms with Crippen molar-refractivity contribution in [3.05, 3.63) is 22.8 Å². The van der Waals surface area contributed by atoms with Gasteiger partial charge >= 0.3 is 0 Å². The van der Waals surface area contributed by atoms with E-state index in [0.717, 1.165) is 0 Å². The molecule has 0 aromatic carbocycles. The van der Waals surface area contributed by atoms with Crippen LogP contribution in [0.1, 0.15) is 24.2 Å². The number of rotatable bonds is 7. The Morgan fingerprint density at radius 2 is 2.25 bits per heavy atom. The Bertz CT molecular complexity index is 454. The molecule has 3 N–H and O–H groups in total. The monoisotopic (exact) mass is 301 g/mol. The lowest BCUT2D eigenvalue weighted by Crippen LogP contribution is -2.35. The van der Waals surface area contributed by atoms with Crippen LogP contribution in [0.4, 0.5) is 0 Å². The van der Waals surface area contributed by atoms with Crippen molar-refractivity contribution in [1.29, 1.82) is 0 Å². The SMILES string of the molecule is CNC(=O)c1cnc(OCC(O)CNC(C)C)c(Cl)c1. The van der Waals surface area contributed by atoms with E-state index in [9.17, 15) is 9.90 Å². The summed E-state index contributed by atoms with van der Waals surface area (Å²) >= 11 is 5.98. The normalized spacial score (nSPS) is 12.3. The fourth-order valence-corrected chi connectivity index (χ4v) is 1.63. The third-order valence-electron chi connectivity index (χ3n) is 2.47. The highest BCUT2D eigenvalue weighted by Crippen LogP contribution is 2.22. The van der Waals surface area contributed by atoms with Crippen LogP contribution in [0.2, 0.25) is 5.02 Å². The van der Waals surface area contributed by atoms with E-state index in [2.05, 4.69) is 15.6 Å². The van der Waals surface area contributed by atoms with Crippen LogP contribution in [0.5, 0.6) is 5.88 Å². The molecule has 1 unspecified atom stereocenters. The number of pyridine rings is 1. The third-order valence-corrected chi connectivity index (χ3v) is 2.74. The van der Waals surface area contributed by atoms with Gasteiger partial charge in [0.15, 0.2) is 0 Å². The predicted molar refractivity (Wildman–Crippen MR) is 77.3 cm³/mol. The van der Waals surface area contributed by atoms with Gasteiger partial charge in [0.25, 0.3) is 5.91 Å². The molecular formula is C13H20ClN3O3. The third kappa shape index (κ3) is 5.32. The Balaban J connectivity index is 2.54. The van der Waals surface area contributed by atoms with Crippen molar-refractivity contribution in [1.82, 2.24) is 15.6 Å². The zero-order valence-electron chi connectivity index (χ0n) is 11.8. The van der Waals surface area contributed by atoms with E-state index < -0.39 is 6.10 Å². The van der Waals surface area contributed by atoms with Gasteiger partial charge in [-0.1, -0.05) is 25.4 Å². The summed E-state index contributed by atoms with van der Waals surface area (Å²) < 4.78 is 5.33. The first kappa shape index (κ1) is 16.7. The van der Waals surface area contributed by atoms with Gasteiger partial charge in [0.05, 0.1) is 5.56 Å². The smallest absolute Gasteiger partial charge is 0.252 e. The zero-order chi connectivity index (χ0) is 15.1. The molecule has 0 radical (unpaired) electrons. The highest BCUT2D eigenvalue weighted by atomic mass is 35.5. The molecule has 6 nitrogen and oxygen atoms in total. The maximum atomic E-state index is 11.4. The van der Waals surface area contributed by atoms with Crippen molar-refractivity contribution in [3.8, 4) is 5.88 Å². The van der Waals surface area contributed by atoms with Gasteiger partial charge in [-0.3, -0.25) is 4.79 Å². The van der Waals surface area contributed by atoms with Crippen LogP contribution in [0, 0.1) is 0 Å². The van der Waals surface area contributed by atoms with Crippen molar-refractivity contribution in [2.45, 2.75) is 26.0 Å². The van der Waals surface area contributed by atoms with E-state index in [-0.39, 0.29) is 23.4 Å². The molecule has 1 rings (SSSR count). The summed E-state index contributed by atoms with van der Waals surface area (Å²) in [7, 11) is 1.53. The van der Waals surface area contributed by atoms with Gasteiger partial charge in [-0.25, -0.2) is 4.98 Å². The van der Waals surface area contributed by atoms with Crippen LogP contribution in [0.15, 0.2) is 12.3 Å². The average Bonchev–Trinajstić information content (AvgIpc) is 2.42. The van der Waals surface area contributed by atoms with Gasteiger partial charge in [0, 0.05) is 25.8 Å². The minimum atomic E-state index is -0.658. The molecule has 1 aromatic rings. The lowest BCUT2D eigenvalue weighted by molar-refractivity contribution is 0.0960. The van der Waals surface area contributed by atoms with Gasteiger partial charge in [-0.2, -0.15) is 0 Å². The summed E-state index contributed by atoms with van der Waals surface area (Å²) in [6.45, 7) is 4.48. The number of aliphatic hydroxyl groups excluding tert-OH is 1. The molecule has 0 aliphatic carbocycles. The van der Waals surface area contributed by atoms with Crippen molar-refractivity contribution < 1.29 is 14.6 Å². The fourth-order valence-electron chi connectivity index (χ4n) is 1.41. The van der Waals surface area contributed by atoms with E-state index in [1.54, 1.807) is 0 Å². The molecule has 0 aliphatic heterocycles. The molecule has 0 spiro atoms. The van der Waals surface area contributed by atoms with Gasteiger partial charge in [-0.15, -0.1) is 0 Å². The summed E-state index contributed by atoms with van der Waals surface area (Å²) in [5.74, 6) is -0.0740. The molecule has 0 fully saturated rings. The lowest BCUT2D eigenvalue weighted by atomic mass is 10.2. The largest absolute Gasteiger partial charge is 0.474 e. The minimum Gasteiger partial charge on any atom is -0.474 e. The van der Waals surface area contributed by atoms with Crippen molar-refractivity contribution in [3.63, 3.8) is 0 Å². The first-order valence-corrected chi connectivity index (χ1v) is 6.73. The number of aromatic nitrogens is 1. The molecule has 1 heterocycles. The van der Waals surface area contributed by atoms with Gasteiger partial charge in [0.2, 0.25) is 5.88 Å². The summed E-state index contributed by atoms with van der Waals surface area (Å²) in [6, 6.07) is 1.76. The number of nitrogens with zero attached hydrogens (tertiary/aromatic N) is 1. The van der Waals surface area contributed by atoms with Crippen molar-refractivity contribution in [2.75, 3.05) is 20.2 Å². The molecule has 112 valence electrons. The van der Waals surface area contributed by atoms with Crippen LogP contribution in [-0.2, 0) is 0 Å². The van der Waals surface area contributed by atoms with E-state index in [1.807, 2.05) is 13.8 Å².